The summed E-state index contributed by atoms with van der Waals surface area (Å²) in [6.45, 7) is 5.85. The van der Waals surface area contributed by atoms with Gasteiger partial charge in [0.2, 0.25) is 0 Å². The SMILES string of the molecule is CCc1nc(N)c(C)c(Sc2nccc(C)n2)n1. The molecule has 18 heavy (non-hydrogen) atoms. The Hall–Kier alpha value is -1.69. The quantitative estimate of drug-likeness (QED) is 0.674. The third kappa shape index (κ3) is 2.76. The van der Waals surface area contributed by atoms with Crippen LogP contribution >= 0.6 is 11.8 Å². The average Bonchev–Trinajstić information content (AvgIpc) is 2.34. The molecule has 6 heteroatoms. The van der Waals surface area contributed by atoms with Crippen LogP contribution in [0.15, 0.2) is 22.4 Å². The van der Waals surface area contributed by atoms with E-state index in [9.17, 15) is 0 Å². The molecule has 0 fully saturated rings. The highest BCUT2D eigenvalue weighted by molar-refractivity contribution is 7.99. The van der Waals surface area contributed by atoms with Crippen LogP contribution in [0.25, 0.3) is 0 Å². The second-order valence-electron chi connectivity index (χ2n) is 3.89. The maximum Gasteiger partial charge on any atom is 0.194 e. The summed E-state index contributed by atoms with van der Waals surface area (Å²) >= 11 is 1.42. The molecule has 0 aliphatic carbocycles. The highest BCUT2D eigenvalue weighted by atomic mass is 32.2. The van der Waals surface area contributed by atoms with Crippen LogP contribution in [0.3, 0.4) is 0 Å². The molecule has 94 valence electrons. The molecule has 2 heterocycles. The molecule has 0 saturated carbocycles. The van der Waals surface area contributed by atoms with Crippen LogP contribution in [0, 0.1) is 13.8 Å². The molecular weight excluding hydrogens is 246 g/mol. The molecule has 0 atom stereocenters. The lowest BCUT2D eigenvalue weighted by Gasteiger charge is -2.08. The molecule has 2 N–H and O–H groups in total. The molecule has 0 aliphatic heterocycles. The van der Waals surface area contributed by atoms with Crippen LogP contribution in [-0.4, -0.2) is 19.9 Å². The van der Waals surface area contributed by atoms with Crippen LogP contribution < -0.4 is 5.73 Å². The van der Waals surface area contributed by atoms with Crippen LogP contribution in [-0.2, 0) is 6.42 Å². The standard InChI is InChI=1S/C12H15N5S/c1-4-9-16-10(13)8(3)11(17-9)18-12-14-6-5-7(2)15-12/h5-6H,4H2,1-3H3,(H2,13,16,17). The fourth-order valence-corrected chi connectivity index (χ4v) is 2.26. The van der Waals surface area contributed by atoms with Gasteiger partial charge in [0.1, 0.15) is 16.7 Å². The number of nitrogen functional groups attached to an aromatic ring is 1. The largest absolute Gasteiger partial charge is 0.383 e. The Kier molecular flexibility index (Phi) is 3.76. The molecule has 0 spiro atoms. The zero-order chi connectivity index (χ0) is 13.1. The van der Waals surface area contributed by atoms with Gasteiger partial charge in [-0.15, -0.1) is 0 Å². The van der Waals surface area contributed by atoms with Crippen molar-refractivity contribution in [2.75, 3.05) is 5.73 Å². The van der Waals surface area contributed by atoms with Gasteiger partial charge < -0.3 is 5.73 Å². The van der Waals surface area contributed by atoms with Crippen LogP contribution in [0.5, 0.6) is 0 Å². The van der Waals surface area contributed by atoms with Gasteiger partial charge >= 0.3 is 0 Å². The smallest absolute Gasteiger partial charge is 0.194 e. The lowest BCUT2D eigenvalue weighted by atomic mass is 10.3. The van der Waals surface area contributed by atoms with E-state index in [1.54, 1.807) is 6.20 Å². The van der Waals surface area contributed by atoms with Gasteiger partial charge in [-0.3, -0.25) is 0 Å². The van der Waals surface area contributed by atoms with E-state index >= 15 is 0 Å². The average molecular weight is 261 g/mol. The van der Waals surface area contributed by atoms with Gasteiger partial charge in [0.05, 0.1) is 0 Å². The molecule has 0 saturated heterocycles. The maximum absolute atomic E-state index is 5.88. The summed E-state index contributed by atoms with van der Waals surface area (Å²) in [6, 6.07) is 1.86. The zero-order valence-corrected chi connectivity index (χ0v) is 11.5. The summed E-state index contributed by atoms with van der Waals surface area (Å²) in [5.74, 6) is 1.27. The summed E-state index contributed by atoms with van der Waals surface area (Å²) in [5.41, 5.74) is 7.69. The van der Waals surface area contributed by atoms with E-state index in [0.717, 1.165) is 28.5 Å². The molecule has 0 unspecified atom stereocenters. The number of hydrogen-bond acceptors (Lipinski definition) is 6. The van der Waals surface area contributed by atoms with Gasteiger partial charge in [-0.25, -0.2) is 19.9 Å². The van der Waals surface area contributed by atoms with E-state index in [0.29, 0.717) is 11.0 Å². The van der Waals surface area contributed by atoms with E-state index < -0.39 is 0 Å². The highest BCUT2D eigenvalue weighted by Crippen LogP contribution is 2.28. The predicted molar refractivity (Wildman–Crippen MR) is 71.5 cm³/mol. The Morgan fingerprint density at radius 1 is 1.22 bits per heavy atom. The Morgan fingerprint density at radius 2 is 2.00 bits per heavy atom. The van der Waals surface area contributed by atoms with Crippen molar-refractivity contribution in [3.8, 4) is 0 Å². The predicted octanol–water partition coefficient (Wildman–Crippen LogP) is 2.18. The summed E-state index contributed by atoms with van der Waals surface area (Å²) in [6.07, 6.45) is 2.50. The van der Waals surface area contributed by atoms with Crippen molar-refractivity contribution in [1.82, 2.24) is 19.9 Å². The van der Waals surface area contributed by atoms with E-state index in [2.05, 4.69) is 19.9 Å². The first kappa shape index (κ1) is 12.8. The second-order valence-corrected chi connectivity index (χ2v) is 4.85. The number of aryl methyl sites for hydroxylation is 2. The number of aromatic nitrogens is 4. The number of nitrogens with two attached hydrogens (primary N) is 1. The van der Waals surface area contributed by atoms with E-state index in [1.165, 1.54) is 11.8 Å². The summed E-state index contributed by atoms with van der Waals surface area (Å²) in [7, 11) is 0. The van der Waals surface area contributed by atoms with Gasteiger partial charge in [-0.05, 0) is 31.7 Å². The minimum Gasteiger partial charge on any atom is -0.383 e. The number of anilines is 1. The highest BCUT2D eigenvalue weighted by Gasteiger charge is 2.11. The first-order valence-electron chi connectivity index (χ1n) is 5.70. The zero-order valence-electron chi connectivity index (χ0n) is 10.6. The second kappa shape index (κ2) is 5.30. The normalized spacial score (nSPS) is 10.6. The fraction of sp³-hybridized carbons (Fsp3) is 0.333. The van der Waals surface area contributed by atoms with Gasteiger partial charge in [0, 0.05) is 23.9 Å². The molecule has 0 bridgehead atoms. The molecule has 0 aromatic carbocycles. The summed E-state index contributed by atoms with van der Waals surface area (Å²) in [4.78, 5) is 17.2. The van der Waals surface area contributed by atoms with E-state index in [-0.39, 0.29) is 0 Å². The molecule has 0 amide bonds. The fourth-order valence-electron chi connectivity index (χ4n) is 1.38. The molecule has 2 aromatic heterocycles. The van der Waals surface area contributed by atoms with Crippen molar-refractivity contribution in [2.24, 2.45) is 0 Å². The summed E-state index contributed by atoms with van der Waals surface area (Å²) < 4.78 is 0. The van der Waals surface area contributed by atoms with Crippen molar-refractivity contribution in [3.63, 3.8) is 0 Å². The first-order chi connectivity index (χ1) is 8.60. The van der Waals surface area contributed by atoms with Crippen molar-refractivity contribution in [1.29, 1.82) is 0 Å². The lowest BCUT2D eigenvalue weighted by molar-refractivity contribution is 0.869. The van der Waals surface area contributed by atoms with Crippen LogP contribution in [0.2, 0.25) is 0 Å². The van der Waals surface area contributed by atoms with Gasteiger partial charge in [0.15, 0.2) is 5.16 Å². The van der Waals surface area contributed by atoms with E-state index in [4.69, 9.17) is 5.73 Å². The van der Waals surface area contributed by atoms with Crippen LogP contribution in [0.4, 0.5) is 5.82 Å². The van der Waals surface area contributed by atoms with Crippen molar-refractivity contribution < 1.29 is 0 Å². The van der Waals surface area contributed by atoms with Crippen molar-refractivity contribution in [3.05, 3.63) is 29.3 Å². The molecule has 0 radical (unpaired) electrons. The molecule has 2 aromatic rings. The topological polar surface area (TPSA) is 77.6 Å². The molecular formula is C12H15N5S. The first-order valence-corrected chi connectivity index (χ1v) is 6.52. The summed E-state index contributed by atoms with van der Waals surface area (Å²) in [5, 5.41) is 1.50. The Bertz CT molecular complexity index is 570. The van der Waals surface area contributed by atoms with Gasteiger partial charge in [-0.2, -0.15) is 0 Å². The third-order valence-electron chi connectivity index (χ3n) is 2.46. The Balaban J connectivity index is 2.36. The minimum atomic E-state index is 0.525. The maximum atomic E-state index is 5.88. The van der Waals surface area contributed by atoms with Crippen LogP contribution in [0.1, 0.15) is 24.0 Å². The number of nitrogens with zero attached hydrogens (tertiary/aromatic N) is 4. The monoisotopic (exact) mass is 261 g/mol. The minimum absolute atomic E-state index is 0.525. The number of hydrogen-bond donors (Lipinski definition) is 1. The lowest BCUT2D eigenvalue weighted by Crippen LogP contribution is -2.04. The Morgan fingerprint density at radius 3 is 2.67 bits per heavy atom. The van der Waals surface area contributed by atoms with Gasteiger partial charge in [-0.1, -0.05) is 6.92 Å². The molecule has 0 aliphatic rings. The van der Waals surface area contributed by atoms with Crippen molar-refractivity contribution in [2.45, 2.75) is 37.4 Å². The number of rotatable bonds is 3. The Labute approximate surface area is 110 Å². The molecule has 5 nitrogen and oxygen atoms in total. The van der Waals surface area contributed by atoms with Gasteiger partial charge in [0.25, 0.3) is 0 Å². The molecule has 2 rings (SSSR count). The van der Waals surface area contributed by atoms with Crippen molar-refractivity contribution >= 4 is 17.6 Å². The van der Waals surface area contributed by atoms with E-state index in [1.807, 2.05) is 26.8 Å². The third-order valence-corrected chi connectivity index (χ3v) is 3.43.